The SMILES string of the molecule is OC1CN(c2nccc3[c]cccc23)C1. The van der Waals surface area contributed by atoms with E-state index in [0.29, 0.717) is 13.1 Å². The fraction of sp³-hybridized carbons (Fsp3) is 0.250. The molecule has 1 aliphatic rings. The summed E-state index contributed by atoms with van der Waals surface area (Å²) in [5, 5.41) is 11.5. The Labute approximate surface area is 88.0 Å². The minimum atomic E-state index is -0.199. The van der Waals surface area contributed by atoms with E-state index in [4.69, 9.17) is 0 Å². The van der Waals surface area contributed by atoms with E-state index in [2.05, 4.69) is 16.0 Å². The third kappa shape index (κ3) is 1.36. The molecule has 1 N–H and O–H groups in total. The molecular weight excluding hydrogens is 188 g/mol. The van der Waals surface area contributed by atoms with Crippen molar-refractivity contribution in [3.63, 3.8) is 0 Å². The lowest BCUT2D eigenvalue weighted by atomic mass is 10.1. The van der Waals surface area contributed by atoms with E-state index in [0.717, 1.165) is 16.6 Å². The topological polar surface area (TPSA) is 36.4 Å². The summed E-state index contributed by atoms with van der Waals surface area (Å²) < 4.78 is 0. The second-order valence-electron chi connectivity index (χ2n) is 3.82. The molecule has 0 spiro atoms. The van der Waals surface area contributed by atoms with Gasteiger partial charge in [-0.2, -0.15) is 0 Å². The zero-order chi connectivity index (χ0) is 10.3. The first-order valence-corrected chi connectivity index (χ1v) is 5.03. The van der Waals surface area contributed by atoms with Crippen LogP contribution in [0.15, 0.2) is 30.5 Å². The van der Waals surface area contributed by atoms with Crippen LogP contribution in [0.1, 0.15) is 0 Å². The van der Waals surface area contributed by atoms with Gasteiger partial charge in [-0.1, -0.05) is 18.2 Å². The average Bonchev–Trinajstić information content (AvgIpc) is 2.24. The van der Waals surface area contributed by atoms with Crippen LogP contribution in [0, 0.1) is 6.07 Å². The van der Waals surface area contributed by atoms with Crippen LogP contribution in [-0.2, 0) is 0 Å². The van der Waals surface area contributed by atoms with E-state index < -0.39 is 0 Å². The van der Waals surface area contributed by atoms with Gasteiger partial charge in [0.2, 0.25) is 0 Å². The Morgan fingerprint density at radius 3 is 3.07 bits per heavy atom. The second kappa shape index (κ2) is 3.21. The molecule has 1 saturated heterocycles. The summed E-state index contributed by atoms with van der Waals surface area (Å²) in [5.41, 5.74) is 0. The van der Waals surface area contributed by atoms with Crippen LogP contribution in [0.5, 0.6) is 0 Å². The van der Waals surface area contributed by atoms with Gasteiger partial charge in [0, 0.05) is 24.7 Å². The number of aliphatic hydroxyl groups excluding tert-OH is 1. The summed E-state index contributed by atoms with van der Waals surface area (Å²) in [6.45, 7) is 1.36. The Kier molecular flexibility index (Phi) is 1.86. The highest BCUT2D eigenvalue weighted by Crippen LogP contribution is 2.26. The molecular formula is C12H11N2O. The predicted molar refractivity (Wildman–Crippen MR) is 58.8 cm³/mol. The van der Waals surface area contributed by atoms with Crippen molar-refractivity contribution in [2.75, 3.05) is 18.0 Å². The van der Waals surface area contributed by atoms with Crippen molar-refractivity contribution in [3.8, 4) is 0 Å². The van der Waals surface area contributed by atoms with Gasteiger partial charge in [0.1, 0.15) is 5.82 Å². The average molecular weight is 199 g/mol. The minimum Gasteiger partial charge on any atom is -0.389 e. The number of rotatable bonds is 1. The van der Waals surface area contributed by atoms with Crippen LogP contribution in [0.2, 0.25) is 0 Å². The Hall–Kier alpha value is -1.61. The van der Waals surface area contributed by atoms with Crippen molar-refractivity contribution < 1.29 is 5.11 Å². The molecule has 3 heteroatoms. The van der Waals surface area contributed by atoms with Gasteiger partial charge in [0.25, 0.3) is 0 Å². The molecule has 1 radical (unpaired) electrons. The molecule has 2 heterocycles. The lowest BCUT2D eigenvalue weighted by Gasteiger charge is -2.37. The maximum absolute atomic E-state index is 9.27. The van der Waals surface area contributed by atoms with Gasteiger partial charge in [-0.05, 0) is 17.5 Å². The van der Waals surface area contributed by atoms with Crippen molar-refractivity contribution in [2.24, 2.45) is 0 Å². The molecule has 1 fully saturated rings. The molecule has 0 amide bonds. The van der Waals surface area contributed by atoms with Gasteiger partial charge >= 0.3 is 0 Å². The highest BCUT2D eigenvalue weighted by atomic mass is 16.3. The lowest BCUT2D eigenvalue weighted by Crippen LogP contribution is -2.51. The first-order valence-electron chi connectivity index (χ1n) is 5.03. The highest BCUT2D eigenvalue weighted by Gasteiger charge is 2.26. The Morgan fingerprint density at radius 2 is 2.27 bits per heavy atom. The number of anilines is 1. The molecule has 1 aliphatic heterocycles. The Morgan fingerprint density at radius 1 is 1.40 bits per heavy atom. The van der Waals surface area contributed by atoms with Crippen molar-refractivity contribution in [1.82, 2.24) is 4.98 Å². The largest absolute Gasteiger partial charge is 0.389 e. The first kappa shape index (κ1) is 8.68. The molecule has 3 rings (SSSR count). The third-order valence-electron chi connectivity index (χ3n) is 2.73. The van der Waals surface area contributed by atoms with Crippen molar-refractivity contribution in [2.45, 2.75) is 6.10 Å². The quantitative estimate of drug-likeness (QED) is 0.750. The fourth-order valence-electron chi connectivity index (χ4n) is 1.91. The van der Waals surface area contributed by atoms with Crippen LogP contribution in [0.25, 0.3) is 10.8 Å². The zero-order valence-electron chi connectivity index (χ0n) is 8.22. The lowest BCUT2D eigenvalue weighted by molar-refractivity contribution is 0.141. The number of pyridine rings is 1. The minimum absolute atomic E-state index is 0.199. The van der Waals surface area contributed by atoms with Gasteiger partial charge < -0.3 is 10.0 Å². The molecule has 0 unspecified atom stereocenters. The number of β-amino-alcohol motifs (C(OH)–C–C–N with tert-alkyl or cyclic N) is 1. The number of aliphatic hydroxyl groups is 1. The van der Waals surface area contributed by atoms with E-state index in [-0.39, 0.29) is 6.10 Å². The van der Waals surface area contributed by atoms with Crippen LogP contribution < -0.4 is 4.90 Å². The molecule has 1 aromatic heterocycles. The van der Waals surface area contributed by atoms with Gasteiger partial charge in [0.05, 0.1) is 6.10 Å². The predicted octanol–water partition coefficient (Wildman–Crippen LogP) is 1.22. The molecule has 15 heavy (non-hydrogen) atoms. The summed E-state index contributed by atoms with van der Waals surface area (Å²) >= 11 is 0. The van der Waals surface area contributed by atoms with E-state index >= 15 is 0 Å². The van der Waals surface area contributed by atoms with E-state index in [1.807, 2.05) is 24.3 Å². The number of hydrogen-bond acceptors (Lipinski definition) is 3. The second-order valence-corrected chi connectivity index (χ2v) is 3.82. The first-order chi connectivity index (χ1) is 7.34. The third-order valence-corrected chi connectivity index (χ3v) is 2.73. The molecule has 0 atom stereocenters. The van der Waals surface area contributed by atoms with E-state index in [9.17, 15) is 5.11 Å². The van der Waals surface area contributed by atoms with Crippen molar-refractivity contribution in [3.05, 3.63) is 36.5 Å². The van der Waals surface area contributed by atoms with E-state index in [1.165, 1.54) is 0 Å². The maximum atomic E-state index is 9.27. The number of benzene rings is 1. The van der Waals surface area contributed by atoms with Crippen LogP contribution in [0.3, 0.4) is 0 Å². The summed E-state index contributed by atoms with van der Waals surface area (Å²) in [6.07, 6.45) is 1.59. The zero-order valence-corrected chi connectivity index (χ0v) is 8.22. The number of nitrogens with zero attached hydrogens (tertiary/aromatic N) is 2. The summed E-state index contributed by atoms with van der Waals surface area (Å²) in [7, 11) is 0. The maximum Gasteiger partial charge on any atom is 0.136 e. The summed E-state index contributed by atoms with van der Waals surface area (Å²) in [6, 6.07) is 11.0. The smallest absolute Gasteiger partial charge is 0.136 e. The monoisotopic (exact) mass is 199 g/mol. The highest BCUT2D eigenvalue weighted by molar-refractivity contribution is 5.91. The summed E-state index contributed by atoms with van der Waals surface area (Å²) in [4.78, 5) is 6.44. The Balaban J connectivity index is 2.10. The number of aromatic nitrogens is 1. The van der Waals surface area contributed by atoms with Gasteiger partial charge in [-0.15, -0.1) is 0 Å². The molecule has 0 bridgehead atoms. The van der Waals surface area contributed by atoms with Gasteiger partial charge in [-0.25, -0.2) is 4.98 Å². The number of fused-ring (bicyclic) bond motifs is 1. The van der Waals surface area contributed by atoms with E-state index in [1.54, 1.807) is 6.20 Å². The normalized spacial score (nSPS) is 16.7. The molecule has 2 aromatic rings. The van der Waals surface area contributed by atoms with Gasteiger partial charge in [0.15, 0.2) is 0 Å². The molecule has 1 aromatic carbocycles. The standard InChI is InChI=1S/C12H11N2O/c15-10-7-14(8-10)12-11-4-2-1-3-9(11)5-6-13-12/h1-2,4-6,10,15H,7-8H2. The van der Waals surface area contributed by atoms with Crippen molar-refractivity contribution in [1.29, 1.82) is 0 Å². The Bertz CT molecular complexity index is 486. The van der Waals surface area contributed by atoms with Crippen molar-refractivity contribution >= 4 is 16.6 Å². The molecule has 75 valence electrons. The molecule has 0 saturated carbocycles. The molecule has 3 nitrogen and oxygen atoms in total. The van der Waals surface area contributed by atoms with Gasteiger partial charge in [-0.3, -0.25) is 0 Å². The number of hydrogen-bond donors (Lipinski definition) is 1. The molecule has 0 aliphatic carbocycles. The summed E-state index contributed by atoms with van der Waals surface area (Å²) in [5.74, 6) is 0.953. The fourth-order valence-corrected chi connectivity index (χ4v) is 1.91. The van der Waals surface area contributed by atoms with Crippen LogP contribution in [0.4, 0.5) is 5.82 Å². The van der Waals surface area contributed by atoms with Crippen LogP contribution in [-0.4, -0.2) is 29.3 Å². The van der Waals surface area contributed by atoms with Crippen LogP contribution >= 0.6 is 0 Å².